The van der Waals surface area contributed by atoms with Gasteiger partial charge in [0.1, 0.15) is 5.41 Å². The highest BCUT2D eigenvalue weighted by Crippen LogP contribution is 2.65. The maximum absolute atomic E-state index is 13.3. The molecule has 26 heavy (non-hydrogen) atoms. The van der Waals surface area contributed by atoms with Gasteiger partial charge < -0.3 is 9.84 Å². The molecular weight excluding hydrogens is 328 g/mol. The van der Waals surface area contributed by atoms with Gasteiger partial charge in [-0.3, -0.25) is 14.7 Å². The first kappa shape index (κ1) is 16.2. The van der Waals surface area contributed by atoms with Crippen molar-refractivity contribution in [2.75, 3.05) is 26.8 Å². The van der Waals surface area contributed by atoms with Crippen molar-refractivity contribution >= 4 is 17.4 Å². The predicted molar refractivity (Wildman–Crippen MR) is 98.6 cm³/mol. The lowest BCUT2D eigenvalue weighted by Gasteiger charge is -2.64. The van der Waals surface area contributed by atoms with E-state index >= 15 is 0 Å². The Hall–Kier alpha value is -1.98. The van der Waals surface area contributed by atoms with Gasteiger partial charge in [0, 0.05) is 24.7 Å². The number of esters is 1. The number of carbonyl (C=O) groups excluding carboxylic acids is 1. The molecule has 3 bridgehead atoms. The summed E-state index contributed by atoms with van der Waals surface area (Å²) in [7, 11) is 1.44. The minimum Gasteiger partial charge on any atom is -0.468 e. The predicted octanol–water partition coefficient (Wildman–Crippen LogP) is 2.22. The summed E-state index contributed by atoms with van der Waals surface area (Å²) in [6, 6.07) is 8.36. The summed E-state index contributed by atoms with van der Waals surface area (Å²) in [5.41, 5.74) is 2.77. The smallest absolute Gasteiger partial charge is 0.316 e. The monoisotopic (exact) mass is 352 g/mol. The minimum atomic E-state index is -1.00. The fourth-order valence-electron chi connectivity index (χ4n) is 6.33. The van der Waals surface area contributed by atoms with Crippen LogP contribution in [-0.2, 0) is 14.9 Å². The Bertz CT molecular complexity index is 861. The molecular formula is C21H24N2O3. The van der Waals surface area contributed by atoms with Crippen molar-refractivity contribution in [3.63, 3.8) is 0 Å². The third-order valence-corrected chi connectivity index (χ3v) is 7.39. The summed E-state index contributed by atoms with van der Waals surface area (Å²) in [5.74, 6) is -0.320. The molecule has 0 spiro atoms. The summed E-state index contributed by atoms with van der Waals surface area (Å²) >= 11 is 0. The van der Waals surface area contributed by atoms with Gasteiger partial charge in [-0.15, -0.1) is 0 Å². The number of hydrogen-bond acceptors (Lipinski definition) is 5. The van der Waals surface area contributed by atoms with E-state index in [2.05, 4.69) is 17.0 Å². The highest BCUT2D eigenvalue weighted by Gasteiger charge is 2.73. The lowest BCUT2D eigenvalue weighted by Crippen LogP contribution is -2.74. The lowest BCUT2D eigenvalue weighted by atomic mass is 9.43. The van der Waals surface area contributed by atoms with Gasteiger partial charge in [0.2, 0.25) is 0 Å². The topological polar surface area (TPSA) is 62.1 Å². The number of rotatable bonds is 2. The highest BCUT2D eigenvalue weighted by molar-refractivity contribution is 6.11. The van der Waals surface area contributed by atoms with Gasteiger partial charge in [-0.05, 0) is 31.4 Å². The third kappa shape index (κ3) is 1.56. The second kappa shape index (κ2) is 5.27. The average molecular weight is 352 g/mol. The zero-order chi connectivity index (χ0) is 18.1. The van der Waals surface area contributed by atoms with Crippen LogP contribution in [0.15, 0.2) is 40.9 Å². The van der Waals surface area contributed by atoms with Crippen LogP contribution < -0.4 is 0 Å². The number of carbonyl (C=O) groups is 1. The van der Waals surface area contributed by atoms with Gasteiger partial charge in [0.25, 0.3) is 0 Å². The van der Waals surface area contributed by atoms with Crippen molar-refractivity contribution in [1.29, 1.82) is 0 Å². The second-order valence-corrected chi connectivity index (χ2v) is 7.93. The fraction of sp³-hybridized carbons (Fsp3) is 0.524. The first-order valence-electron chi connectivity index (χ1n) is 9.41. The standard InChI is InChI=1S/C21H24N2O3/c1-3-13-11-23-9-8-20-14-6-4-5-7-16(14)22-18(20)17(23)10-15(13)21(20,12-24)19(25)26-2/h3-7,15,17,24H,8-12H2,1-2H3/t15-,17-,20+,21+/m0/s1. The molecule has 4 aliphatic rings. The molecule has 0 amide bonds. The van der Waals surface area contributed by atoms with Crippen molar-refractivity contribution in [2.24, 2.45) is 16.3 Å². The first-order chi connectivity index (χ1) is 12.6. The average Bonchev–Trinajstić information content (AvgIpc) is 3.04. The van der Waals surface area contributed by atoms with E-state index in [1.165, 1.54) is 12.7 Å². The Morgan fingerprint density at radius 1 is 1.46 bits per heavy atom. The number of piperidine rings is 2. The first-order valence-corrected chi connectivity index (χ1v) is 9.41. The van der Waals surface area contributed by atoms with Gasteiger partial charge in [-0.1, -0.05) is 29.8 Å². The van der Waals surface area contributed by atoms with E-state index in [0.29, 0.717) is 0 Å². The van der Waals surface area contributed by atoms with Crippen molar-refractivity contribution in [2.45, 2.75) is 31.2 Å². The van der Waals surface area contributed by atoms with Crippen LogP contribution in [0.2, 0.25) is 0 Å². The number of nitrogens with zero attached hydrogens (tertiary/aromatic N) is 2. The zero-order valence-electron chi connectivity index (χ0n) is 15.2. The molecule has 1 N–H and O–H groups in total. The van der Waals surface area contributed by atoms with Crippen LogP contribution in [0.5, 0.6) is 0 Å². The van der Waals surface area contributed by atoms with Crippen LogP contribution in [0.1, 0.15) is 25.3 Å². The molecule has 136 valence electrons. The summed E-state index contributed by atoms with van der Waals surface area (Å²) in [5, 5.41) is 10.8. The number of aliphatic imine (C=N–C) groups is 1. The molecule has 1 saturated carbocycles. The van der Waals surface area contributed by atoms with Gasteiger partial charge in [-0.2, -0.15) is 0 Å². The Balaban J connectivity index is 1.87. The van der Waals surface area contributed by atoms with Crippen molar-refractivity contribution in [1.82, 2.24) is 4.90 Å². The number of allylic oxidation sites excluding steroid dienone is 1. The molecule has 2 saturated heterocycles. The molecule has 5 heteroatoms. The van der Waals surface area contributed by atoms with E-state index in [1.54, 1.807) is 0 Å². The van der Waals surface area contributed by atoms with Crippen LogP contribution in [-0.4, -0.2) is 54.5 Å². The van der Waals surface area contributed by atoms with Gasteiger partial charge in [0.05, 0.1) is 30.9 Å². The molecule has 0 unspecified atom stereocenters. The number of hydrogen-bond donors (Lipinski definition) is 1. The molecule has 0 aromatic heterocycles. The van der Waals surface area contributed by atoms with Crippen LogP contribution in [0, 0.1) is 11.3 Å². The second-order valence-electron chi connectivity index (χ2n) is 7.93. The van der Waals surface area contributed by atoms with Crippen molar-refractivity contribution in [3.05, 3.63) is 41.5 Å². The fourth-order valence-corrected chi connectivity index (χ4v) is 6.33. The molecule has 3 aliphatic heterocycles. The molecule has 5 rings (SSSR count). The number of benzene rings is 1. The lowest BCUT2D eigenvalue weighted by molar-refractivity contribution is -0.170. The van der Waals surface area contributed by atoms with E-state index in [4.69, 9.17) is 9.73 Å². The maximum atomic E-state index is 13.3. The van der Waals surface area contributed by atoms with Crippen molar-refractivity contribution < 1.29 is 14.6 Å². The number of methoxy groups -OCH3 is 1. The normalized spacial score (nSPS) is 38.7. The Morgan fingerprint density at radius 3 is 3.00 bits per heavy atom. The molecule has 1 aromatic carbocycles. The largest absolute Gasteiger partial charge is 0.468 e. The van der Waals surface area contributed by atoms with Gasteiger partial charge >= 0.3 is 5.97 Å². The van der Waals surface area contributed by atoms with Crippen LogP contribution in [0.4, 0.5) is 5.69 Å². The number of ether oxygens (including phenoxy) is 1. The summed E-state index contributed by atoms with van der Waals surface area (Å²) < 4.78 is 5.34. The summed E-state index contributed by atoms with van der Waals surface area (Å²) in [6.07, 6.45) is 3.75. The van der Waals surface area contributed by atoms with E-state index in [0.717, 1.165) is 42.9 Å². The van der Waals surface area contributed by atoms with E-state index in [9.17, 15) is 9.90 Å². The molecule has 1 aliphatic carbocycles. The van der Waals surface area contributed by atoms with Crippen molar-refractivity contribution in [3.8, 4) is 0 Å². The SMILES string of the molecule is CC=C1CN2CC[C@]34C(=Nc5ccccc53)[C@@H]2C[C@@H]1[C@]4(CO)C(=O)OC. The van der Waals surface area contributed by atoms with Gasteiger partial charge in [0.15, 0.2) is 0 Å². The van der Waals surface area contributed by atoms with E-state index in [1.807, 2.05) is 25.1 Å². The maximum Gasteiger partial charge on any atom is 0.316 e. The number of para-hydroxylation sites is 1. The molecule has 1 aromatic rings. The Kier molecular flexibility index (Phi) is 3.29. The molecule has 5 nitrogen and oxygen atoms in total. The minimum absolute atomic E-state index is 0.0170. The van der Waals surface area contributed by atoms with Crippen LogP contribution >= 0.6 is 0 Å². The van der Waals surface area contributed by atoms with Crippen LogP contribution in [0.3, 0.4) is 0 Å². The molecule has 3 fully saturated rings. The van der Waals surface area contributed by atoms with Gasteiger partial charge in [-0.25, -0.2) is 0 Å². The zero-order valence-corrected chi connectivity index (χ0v) is 15.2. The third-order valence-electron chi connectivity index (χ3n) is 7.39. The van der Waals surface area contributed by atoms with Crippen LogP contribution in [0.25, 0.3) is 0 Å². The quantitative estimate of drug-likeness (QED) is 0.655. The molecule has 0 radical (unpaired) electrons. The molecule has 4 atom stereocenters. The molecule has 3 heterocycles. The number of aliphatic hydroxyl groups is 1. The Morgan fingerprint density at radius 2 is 2.27 bits per heavy atom. The highest BCUT2D eigenvalue weighted by atomic mass is 16.5. The summed E-state index contributed by atoms with van der Waals surface area (Å²) in [6.45, 7) is 3.56. The Labute approximate surface area is 153 Å². The van der Waals surface area contributed by atoms with E-state index in [-0.39, 0.29) is 24.5 Å². The number of fused-ring (bicyclic) bond motifs is 2. The number of aliphatic hydroxyl groups excluding tert-OH is 1. The van der Waals surface area contributed by atoms with E-state index < -0.39 is 10.8 Å². The summed E-state index contributed by atoms with van der Waals surface area (Å²) in [4.78, 5) is 20.8.